The van der Waals surface area contributed by atoms with E-state index in [2.05, 4.69) is 66.7 Å². The van der Waals surface area contributed by atoms with Crippen LogP contribution in [-0.4, -0.2) is 19.2 Å². The summed E-state index contributed by atoms with van der Waals surface area (Å²) in [5.74, 6) is 1.75. The molecule has 2 rings (SSSR count). The van der Waals surface area contributed by atoms with Crippen LogP contribution in [0.25, 0.3) is 10.6 Å². The summed E-state index contributed by atoms with van der Waals surface area (Å²) >= 11 is 0. The van der Waals surface area contributed by atoms with Gasteiger partial charge in [0.1, 0.15) is 5.75 Å². The van der Waals surface area contributed by atoms with E-state index in [1.165, 1.54) is 16.8 Å². The third-order valence-electron chi connectivity index (χ3n) is 4.82. The number of methoxy groups -OCH3 is 1. The van der Waals surface area contributed by atoms with Crippen LogP contribution in [0.5, 0.6) is 5.75 Å². The van der Waals surface area contributed by atoms with Crippen molar-refractivity contribution in [2.75, 3.05) is 7.11 Å². The maximum Gasteiger partial charge on any atom is 0.104 e. The van der Waals surface area contributed by atoms with Gasteiger partial charge in [0, 0.05) is 19.5 Å². The molecule has 0 aromatic heterocycles. The molecule has 0 N–H and O–H groups in total. The second-order valence-corrected chi connectivity index (χ2v) is 7.96. The number of benzene rings is 2. The standard InChI is InChI=1S/C24H34N2O.C2H5.Zn/c1-16(2)20-11-10-12-21(17(3)4)24(20)26-19(6)15-18(5)25-22-13-8-9-14-23(22)27-7;1-2;/h8-14,16-19H,15H2,1-7H3;1H2,2H3;/q-2;-1;. The molecule has 0 heterocycles. The quantitative estimate of drug-likeness (QED) is 0.272. The minimum atomic E-state index is 0. The van der Waals surface area contributed by atoms with Gasteiger partial charge in [0.05, 0.1) is 7.11 Å². The van der Waals surface area contributed by atoms with Crippen molar-refractivity contribution in [3.05, 3.63) is 71.1 Å². The maximum absolute atomic E-state index is 5.41. The van der Waals surface area contributed by atoms with Crippen LogP contribution in [0.1, 0.15) is 77.8 Å². The van der Waals surface area contributed by atoms with Gasteiger partial charge in [0.2, 0.25) is 0 Å². The summed E-state index contributed by atoms with van der Waals surface area (Å²) in [6, 6.07) is 14.9. The molecular weight excluding hydrogens is 422 g/mol. The Morgan fingerprint density at radius 1 is 0.767 bits per heavy atom. The fourth-order valence-electron chi connectivity index (χ4n) is 3.45. The molecular formula is C26H39N2OZn-3. The predicted molar refractivity (Wildman–Crippen MR) is 128 cm³/mol. The van der Waals surface area contributed by atoms with Gasteiger partial charge in [-0.2, -0.15) is 6.92 Å². The first-order valence-electron chi connectivity index (χ1n) is 10.7. The summed E-state index contributed by atoms with van der Waals surface area (Å²) in [6.07, 6.45) is 0.905. The van der Waals surface area contributed by atoms with Gasteiger partial charge in [-0.15, -0.1) is 17.8 Å². The molecule has 0 spiro atoms. The summed E-state index contributed by atoms with van der Waals surface area (Å²) < 4.78 is 5.41. The van der Waals surface area contributed by atoms with Crippen LogP contribution in [-0.2, 0) is 19.5 Å². The van der Waals surface area contributed by atoms with Crippen molar-refractivity contribution in [2.24, 2.45) is 0 Å². The first-order valence-corrected chi connectivity index (χ1v) is 10.7. The molecule has 0 fully saturated rings. The van der Waals surface area contributed by atoms with E-state index in [-0.39, 0.29) is 31.6 Å². The molecule has 164 valence electrons. The topological polar surface area (TPSA) is 37.4 Å². The molecule has 0 aliphatic carbocycles. The van der Waals surface area contributed by atoms with Crippen molar-refractivity contribution in [1.82, 2.24) is 0 Å². The van der Waals surface area contributed by atoms with Gasteiger partial charge in [-0.1, -0.05) is 101 Å². The zero-order valence-electron chi connectivity index (χ0n) is 20.3. The Bertz CT molecular complexity index is 704. The van der Waals surface area contributed by atoms with E-state index in [9.17, 15) is 0 Å². The SMILES string of the molecule is COc1ccccc1[N-]C(C)CC(C)[N-]c1c(C(C)C)cccc1C(C)C.[CH2-]C.[Zn]. The average Bonchev–Trinajstić information content (AvgIpc) is 2.69. The molecule has 0 saturated heterocycles. The van der Waals surface area contributed by atoms with E-state index in [1.807, 2.05) is 24.3 Å². The first-order chi connectivity index (χ1) is 13.8. The van der Waals surface area contributed by atoms with Gasteiger partial charge in [-0.3, -0.25) is 0 Å². The Kier molecular flexibility index (Phi) is 13.7. The van der Waals surface area contributed by atoms with E-state index < -0.39 is 0 Å². The maximum atomic E-state index is 5.41. The summed E-state index contributed by atoms with van der Waals surface area (Å²) in [4.78, 5) is 0. The summed E-state index contributed by atoms with van der Waals surface area (Å²) in [6.45, 7) is 18.3. The van der Waals surface area contributed by atoms with Crippen LogP contribution in [0.4, 0.5) is 11.4 Å². The minimum absolute atomic E-state index is 0. The molecule has 0 aliphatic heterocycles. The van der Waals surface area contributed by atoms with Gasteiger partial charge in [-0.05, 0) is 17.9 Å². The Labute approximate surface area is 198 Å². The normalized spacial score (nSPS) is 12.4. The van der Waals surface area contributed by atoms with Crippen LogP contribution in [0, 0.1) is 6.92 Å². The number of para-hydroxylation sites is 3. The third-order valence-corrected chi connectivity index (χ3v) is 4.82. The molecule has 0 saturated carbocycles. The van der Waals surface area contributed by atoms with Crippen molar-refractivity contribution >= 4 is 11.4 Å². The Hall–Kier alpha value is -1.54. The van der Waals surface area contributed by atoms with Crippen molar-refractivity contribution in [1.29, 1.82) is 0 Å². The van der Waals surface area contributed by atoms with Crippen LogP contribution >= 0.6 is 0 Å². The number of nitrogens with zero attached hydrogens (tertiary/aromatic N) is 2. The van der Waals surface area contributed by atoms with Crippen molar-refractivity contribution in [3.63, 3.8) is 0 Å². The molecule has 2 unspecified atom stereocenters. The number of hydrogen-bond donors (Lipinski definition) is 0. The average molecular weight is 461 g/mol. The van der Waals surface area contributed by atoms with Crippen molar-refractivity contribution < 1.29 is 24.2 Å². The molecule has 0 bridgehead atoms. The monoisotopic (exact) mass is 459 g/mol. The molecule has 2 atom stereocenters. The Morgan fingerprint density at radius 3 is 1.77 bits per heavy atom. The minimum Gasteiger partial charge on any atom is -0.681 e. The Morgan fingerprint density at radius 2 is 1.27 bits per heavy atom. The summed E-state index contributed by atoms with van der Waals surface area (Å²) in [5, 5.41) is 9.98. The number of hydrogen-bond acceptors (Lipinski definition) is 1. The van der Waals surface area contributed by atoms with Crippen LogP contribution in [0.2, 0.25) is 0 Å². The number of ether oxygens (including phenoxy) is 1. The smallest absolute Gasteiger partial charge is 0.104 e. The number of rotatable bonds is 9. The second-order valence-electron chi connectivity index (χ2n) is 7.96. The molecule has 0 radical (unpaired) electrons. The predicted octanol–water partition coefficient (Wildman–Crippen LogP) is 8.66. The largest absolute Gasteiger partial charge is 0.681 e. The summed E-state index contributed by atoms with van der Waals surface area (Å²) in [5.41, 5.74) is 4.76. The molecule has 0 amide bonds. The van der Waals surface area contributed by atoms with E-state index in [0.717, 1.165) is 17.9 Å². The van der Waals surface area contributed by atoms with Gasteiger partial charge in [-0.25, -0.2) is 0 Å². The fourth-order valence-corrected chi connectivity index (χ4v) is 3.45. The van der Waals surface area contributed by atoms with E-state index in [1.54, 1.807) is 14.0 Å². The second kappa shape index (κ2) is 14.5. The van der Waals surface area contributed by atoms with Gasteiger partial charge in [0.25, 0.3) is 0 Å². The van der Waals surface area contributed by atoms with Crippen molar-refractivity contribution in [2.45, 2.75) is 78.8 Å². The van der Waals surface area contributed by atoms with Gasteiger partial charge >= 0.3 is 0 Å². The third kappa shape index (κ3) is 8.30. The van der Waals surface area contributed by atoms with Gasteiger partial charge in [0.15, 0.2) is 0 Å². The molecule has 0 aliphatic rings. The zero-order chi connectivity index (χ0) is 22.0. The van der Waals surface area contributed by atoms with Crippen LogP contribution in [0.3, 0.4) is 0 Å². The Balaban J connectivity index is 0.00000272. The summed E-state index contributed by atoms with van der Waals surface area (Å²) in [7, 11) is 1.69. The van der Waals surface area contributed by atoms with Crippen molar-refractivity contribution in [3.8, 4) is 5.75 Å². The zero-order valence-corrected chi connectivity index (χ0v) is 23.2. The van der Waals surface area contributed by atoms with Gasteiger partial charge < -0.3 is 22.3 Å². The molecule has 2 aromatic rings. The van der Waals surface area contributed by atoms with E-state index in [0.29, 0.717) is 11.8 Å². The molecule has 4 heteroatoms. The first kappa shape index (κ1) is 28.5. The van der Waals surface area contributed by atoms with Crippen LogP contribution in [0.15, 0.2) is 42.5 Å². The van der Waals surface area contributed by atoms with E-state index >= 15 is 0 Å². The molecule has 3 nitrogen and oxygen atoms in total. The molecule has 30 heavy (non-hydrogen) atoms. The van der Waals surface area contributed by atoms with E-state index in [4.69, 9.17) is 15.4 Å². The van der Waals surface area contributed by atoms with Crippen LogP contribution < -0.4 is 4.74 Å². The molecule has 2 aromatic carbocycles. The fraction of sp³-hybridized carbons (Fsp3) is 0.500.